The summed E-state index contributed by atoms with van der Waals surface area (Å²) in [6.07, 6.45) is 0.768. The number of rotatable bonds is 6. The number of amides is 1. The van der Waals surface area contributed by atoms with Crippen molar-refractivity contribution >= 4 is 40.9 Å². The van der Waals surface area contributed by atoms with E-state index in [2.05, 4.69) is 5.32 Å². The van der Waals surface area contributed by atoms with Crippen molar-refractivity contribution in [3.63, 3.8) is 0 Å². The van der Waals surface area contributed by atoms with Gasteiger partial charge in [0, 0.05) is 11.3 Å². The van der Waals surface area contributed by atoms with Crippen molar-refractivity contribution in [3.8, 4) is 0 Å². The van der Waals surface area contributed by atoms with Gasteiger partial charge >= 0.3 is 5.97 Å². The zero-order valence-corrected chi connectivity index (χ0v) is 16.1. The van der Waals surface area contributed by atoms with E-state index in [1.165, 1.54) is 17.8 Å². The Morgan fingerprint density at radius 2 is 1.96 bits per heavy atom. The van der Waals surface area contributed by atoms with Crippen LogP contribution in [0, 0.1) is 5.82 Å². The van der Waals surface area contributed by atoms with E-state index >= 15 is 0 Å². The summed E-state index contributed by atoms with van der Waals surface area (Å²) in [5, 5.41) is 2.20. The summed E-state index contributed by atoms with van der Waals surface area (Å²) in [6, 6.07) is 2.58. The minimum absolute atomic E-state index is 0.0489. The topological polar surface area (TPSA) is 55.4 Å². The van der Waals surface area contributed by atoms with Gasteiger partial charge in [-0.25, -0.2) is 4.39 Å². The van der Waals surface area contributed by atoms with Gasteiger partial charge in [-0.15, -0.1) is 11.8 Å². The number of anilines is 1. The number of carbonyl (C=O) groups is 2. The van der Waals surface area contributed by atoms with Crippen LogP contribution >= 0.6 is 23.4 Å². The number of halogens is 2. The molecule has 0 aliphatic carbocycles. The van der Waals surface area contributed by atoms with Crippen LogP contribution in [0.5, 0.6) is 0 Å². The fourth-order valence-corrected chi connectivity index (χ4v) is 3.03. The molecular formula is C17H23ClFNO3S. The Hall–Kier alpha value is -1.27. The maximum absolute atomic E-state index is 13.9. The normalized spacial score (nSPS) is 12.6. The van der Waals surface area contributed by atoms with Crippen LogP contribution in [0.1, 0.15) is 47.5 Å². The predicted octanol–water partition coefficient (Wildman–Crippen LogP) is 5.04. The molecule has 0 radical (unpaired) electrons. The van der Waals surface area contributed by atoms with Gasteiger partial charge in [0.05, 0.1) is 10.7 Å². The maximum atomic E-state index is 13.9. The van der Waals surface area contributed by atoms with E-state index < -0.39 is 16.7 Å². The van der Waals surface area contributed by atoms with E-state index in [0.29, 0.717) is 11.3 Å². The third kappa shape index (κ3) is 6.32. The van der Waals surface area contributed by atoms with E-state index in [0.717, 1.165) is 6.07 Å². The third-order valence-electron chi connectivity index (χ3n) is 2.93. The third-order valence-corrected chi connectivity index (χ3v) is 4.75. The van der Waals surface area contributed by atoms with Crippen LogP contribution in [0.2, 0.25) is 5.02 Å². The fourth-order valence-electron chi connectivity index (χ4n) is 1.77. The lowest BCUT2D eigenvalue weighted by atomic mass is 10.2. The first kappa shape index (κ1) is 20.8. The number of hydrogen-bond acceptors (Lipinski definition) is 4. The van der Waals surface area contributed by atoms with E-state index in [9.17, 15) is 14.0 Å². The van der Waals surface area contributed by atoms with Crippen LogP contribution in [-0.2, 0) is 14.3 Å². The van der Waals surface area contributed by atoms with Crippen molar-refractivity contribution in [1.82, 2.24) is 0 Å². The molecule has 0 heterocycles. The molecule has 4 nitrogen and oxygen atoms in total. The highest BCUT2D eigenvalue weighted by atomic mass is 35.5. The standard InChI is InChI=1S/C17H23ClFNO3S/c1-6-13(16(22)23-17(3,4)5)24-14-9-12(20-15(21)7-2)11(19)8-10(14)18/h8-9,13H,6-7H2,1-5H3,(H,20,21). The monoisotopic (exact) mass is 375 g/mol. The van der Waals surface area contributed by atoms with Crippen molar-refractivity contribution in [3.05, 3.63) is 23.0 Å². The Kier molecular flexibility index (Phi) is 7.55. The molecule has 1 aromatic carbocycles. The summed E-state index contributed by atoms with van der Waals surface area (Å²) in [5.41, 5.74) is -0.537. The number of carbonyl (C=O) groups excluding carboxylic acids is 2. The lowest BCUT2D eigenvalue weighted by Gasteiger charge is -2.23. The van der Waals surface area contributed by atoms with Crippen LogP contribution in [0.15, 0.2) is 17.0 Å². The Balaban J connectivity index is 3.01. The van der Waals surface area contributed by atoms with Crippen LogP contribution < -0.4 is 5.32 Å². The first-order valence-electron chi connectivity index (χ1n) is 7.75. The fraction of sp³-hybridized carbons (Fsp3) is 0.529. The van der Waals surface area contributed by atoms with Crippen LogP contribution in [0.4, 0.5) is 10.1 Å². The zero-order chi connectivity index (χ0) is 18.5. The average molecular weight is 376 g/mol. The van der Waals surface area contributed by atoms with Crippen molar-refractivity contribution < 1.29 is 18.7 Å². The quantitative estimate of drug-likeness (QED) is 0.559. The highest BCUT2D eigenvalue weighted by Gasteiger charge is 2.26. The van der Waals surface area contributed by atoms with Gasteiger partial charge in [-0.2, -0.15) is 0 Å². The molecule has 1 rings (SSSR count). The summed E-state index contributed by atoms with van der Waals surface area (Å²) in [6.45, 7) is 8.93. The lowest BCUT2D eigenvalue weighted by Crippen LogP contribution is -2.30. The van der Waals surface area contributed by atoms with Gasteiger partial charge in [0.1, 0.15) is 16.7 Å². The first-order chi connectivity index (χ1) is 11.1. The van der Waals surface area contributed by atoms with Gasteiger partial charge in [-0.05, 0) is 39.3 Å². The van der Waals surface area contributed by atoms with Gasteiger partial charge in [-0.3, -0.25) is 9.59 Å². The van der Waals surface area contributed by atoms with Crippen LogP contribution in [0.25, 0.3) is 0 Å². The molecule has 1 N–H and O–H groups in total. The largest absolute Gasteiger partial charge is 0.459 e. The molecule has 0 spiro atoms. The maximum Gasteiger partial charge on any atom is 0.319 e. The lowest BCUT2D eigenvalue weighted by molar-refractivity contribution is -0.154. The highest BCUT2D eigenvalue weighted by Crippen LogP contribution is 2.36. The molecule has 0 bridgehead atoms. The molecule has 0 fully saturated rings. The van der Waals surface area contributed by atoms with Crippen molar-refractivity contribution in [2.45, 2.75) is 63.2 Å². The minimum atomic E-state index is -0.614. The number of benzene rings is 1. The number of esters is 1. The molecule has 1 atom stereocenters. The molecule has 0 saturated carbocycles. The van der Waals surface area contributed by atoms with E-state index in [-0.39, 0.29) is 29.0 Å². The molecule has 0 saturated heterocycles. The molecule has 0 aliphatic rings. The van der Waals surface area contributed by atoms with E-state index in [4.69, 9.17) is 16.3 Å². The molecule has 1 aromatic rings. The summed E-state index contributed by atoms with van der Waals surface area (Å²) in [4.78, 5) is 24.2. The summed E-state index contributed by atoms with van der Waals surface area (Å²) >= 11 is 7.28. The Morgan fingerprint density at radius 1 is 1.33 bits per heavy atom. The number of ether oxygens (including phenoxy) is 1. The molecule has 1 amide bonds. The second kappa shape index (κ2) is 8.72. The van der Waals surface area contributed by atoms with Crippen molar-refractivity contribution in [2.75, 3.05) is 5.32 Å². The van der Waals surface area contributed by atoms with Crippen molar-refractivity contribution in [2.24, 2.45) is 0 Å². The Morgan fingerprint density at radius 3 is 2.46 bits per heavy atom. The van der Waals surface area contributed by atoms with Gasteiger partial charge in [-0.1, -0.05) is 25.4 Å². The average Bonchev–Trinajstić information content (AvgIpc) is 2.46. The first-order valence-corrected chi connectivity index (χ1v) is 9.01. The molecule has 0 aromatic heterocycles. The second-order valence-corrected chi connectivity index (χ2v) is 7.86. The molecule has 134 valence electrons. The smallest absolute Gasteiger partial charge is 0.319 e. The summed E-state index contributed by atoms with van der Waals surface area (Å²) in [5.74, 6) is -1.27. The number of hydrogen-bond donors (Lipinski definition) is 1. The Labute approximate surface area is 151 Å². The van der Waals surface area contributed by atoms with E-state index in [1.807, 2.05) is 6.92 Å². The molecule has 0 aliphatic heterocycles. The zero-order valence-electron chi connectivity index (χ0n) is 14.5. The summed E-state index contributed by atoms with van der Waals surface area (Å²) < 4.78 is 19.3. The number of thioether (sulfide) groups is 1. The molecular weight excluding hydrogens is 353 g/mol. The van der Waals surface area contributed by atoms with Gasteiger partial charge in [0.2, 0.25) is 5.91 Å². The second-order valence-electron chi connectivity index (χ2n) is 6.21. The SMILES string of the molecule is CCC(=O)Nc1cc(SC(CC)C(=O)OC(C)(C)C)c(Cl)cc1F. The van der Waals surface area contributed by atoms with E-state index in [1.54, 1.807) is 27.7 Å². The molecule has 7 heteroatoms. The van der Waals surface area contributed by atoms with Gasteiger partial charge in [0.15, 0.2) is 0 Å². The number of nitrogens with one attached hydrogen (secondary N) is 1. The molecule has 24 heavy (non-hydrogen) atoms. The predicted molar refractivity (Wildman–Crippen MR) is 96.1 cm³/mol. The highest BCUT2D eigenvalue weighted by molar-refractivity contribution is 8.00. The van der Waals surface area contributed by atoms with Gasteiger partial charge < -0.3 is 10.1 Å². The molecule has 1 unspecified atom stereocenters. The van der Waals surface area contributed by atoms with Crippen LogP contribution in [-0.4, -0.2) is 22.7 Å². The van der Waals surface area contributed by atoms with Crippen LogP contribution in [0.3, 0.4) is 0 Å². The Bertz CT molecular complexity index is 617. The van der Waals surface area contributed by atoms with Gasteiger partial charge in [0.25, 0.3) is 0 Å². The van der Waals surface area contributed by atoms with Crippen molar-refractivity contribution in [1.29, 1.82) is 0 Å². The summed E-state index contributed by atoms with van der Waals surface area (Å²) in [7, 11) is 0. The minimum Gasteiger partial charge on any atom is -0.459 e.